The second-order valence-electron chi connectivity index (χ2n) is 5.79. The Morgan fingerprint density at radius 3 is 2.60 bits per heavy atom. The van der Waals surface area contributed by atoms with Crippen LogP contribution in [0.4, 0.5) is 5.69 Å². The number of amides is 1. The Kier molecular flexibility index (Phi) is 4.16. The highest BCUT2D eigenvalue weighted by Gasteiger charge is 2.20. The average molecular weight is 386 g/mol. The second-order valence-corrected chi connectivity index (χ2v) is 7.63. The normalized spacial score (nSPS) is 11.2. The maximum Gasteiger partial charge on any atom is 0.267 e. The lowest BCUT2D eigenvalue weighted by atomic mass is 10.0. The monoisotopic (exact) mass is 385 g/mol. The molecule has 1 N–H and O–H groups in total. The number of carbonyl (C=O) groups is 1. The highest BCUT2D eigenvalue weighted by atomic mass is 35.5. The third kappa shape index (κ3) is 2.78. The number of halogens is 2. The number of benzene rings is 3. The van der Waals surface area contributed by atoms with Gasteiger partial charge in [-0.05, 0) is 30.0 Å². The van der Waals surface area contributed by atoms with Crippen LogP contribution in [0, 0.1) is 6.92 Å². The molecule has 1 amide bonds. The van der Waals surface area contributed by atoms with Gasteiger partial charge in [0.15, 0.2) is 0 Å². The highest BCUT2D eigenvalue weighted by Crippen LogP contribution is 2.40. The van der Waals surface area contributed by atoms with Crippen molar-refractivity contribution >= 4 is 67.0 Å². The number of anilines is 1. The van der Waals surface area contributed by atoms with Gasteiger partial charge < -0.3 is 5.32 Å². The lowest BCUT2D eigenvalue weighted by Gasteiger charge is -2.11. The zero-order valence-corrected chi connectivity index (χ0v) is 15.6. The molecule has 0 saturated heterocycles. The van der Waals surface area contributed by atoms with Gasteiger partial charge in [-0.2, -0.15) is 0 Å². The van der Waals surface area contributed by atoms with Crippen molar-refractivity contribution in [3.63, 3.8) is 0 Å². The van der Waals surface area contributed by atoms with E-state index in [-0.39, 0.29) is 5.91 Å². The van der Waals surface area contributed by atoms with Gasteiger partial charge in [-0.25, -0.2) is 0 Å². The van der Waals surface area contributed by atoms with Crippen LogP contribution >= 0.6 is 34.5 Å². The molecular weight excluding hydrogens is 373 g/mol. The summed E-state index contributed by atoms with van der Waals surface area (Å²) < 4.78 is 0.900. The van der Waals surface area contributed by atoms with Crippen LogP contribution in [0.3, 0.4) is 0 Å². The van der Waals surface area contributed by atoms with Crippen LogP contribution < -0.4 is 5.32 Å². The predicted octanol–water partition coefficient (Wildman–Crippen LogP) is 6.92. The van der Waals surface area contributed by atoms with Crippen LogP contribution in [0.25, 0.3) is 20.9 Å². The van der Waals surface area contributed by atoms with E-state index < -0.39 is 0 Å². The molecule has 25 heavy (non-hydrogen) atoms. The molecule has 0 radical (unpaired) electrons. The maximum atomic E-state index is 12.9. The molecule has 1 heterocycles. The van der Waals surface area contributed by atoms with Crippen molar-refractivity contribution in [1.29, 1.82) is 0 Å². The van der Waals surface area contributed by atoms with Crippen LogP contribution in [-0.4, -0.2) is 5.91 Å². The summed E-state index contributed by atoms with van der Waals surface area (Å²) in [7, 11) is 0. The van der Waals surface area contributed by atoms with Crippen LogP contribution in [0.5, 0.6) is 0 Å². The van der Waals surface area contributed by atoms with Gasteiger partial charge in [0.1, 0.15) is 4.88 Å². The van der Waals surface area contributed by atoms with Gasteiger partial charge >= 0.3 is 0 Å². The molecule has 4 rings (SSSR count). The Hall–Kier alpha value is -2.07. The zero-order chi connectivity index (χ0) is 17.6. The molecule has 0 fully saturated rings. The fraction of sp³-hybridized carbons (Fsp3) is 0.0500. The summed E-state index contributed by atoms with van der Waals surface area (Å²) in [6, 6.07) is 17.6. The molecule has 124 valence electrons. The molecule has 5 heteroatoms. The van der Waals surface area contributed by atoms with Crippen molar-refractivity contribution in [2.45, 2.75) is 6.92 Å². The minimum absolute atomic E-state index is 0.221. The molecule has 0 unspecified atom stereocenters. The van der Waals surface area contributed by atoms with Crippen LogP contribution in [-0.2, 0) is 0 Å². The molecule has 3 aromatic carbocycles. The van der Waals surface area contributed by atoms with E-state index in [4.69, 9.17) is 23.2 Å². The van der Waals surface area contributed by atoms with Crippen molar-refractivity contribution in [2.24, 2.45) is 0 Å². The number of aryl methyl sites for hydroxylation is 1. The molecule has 2 nitrogen and oxygen atoms in total. The summed E-state index contributed by atoms with van der Waals surface area (Å²) in [6.45, 7) is 1.98. The molecule has 0 aliphatic heterocycles. The summed E-state index contributed by atoms with van der Waals surface area (Å²) in [5.41, 5.74) is 1.81. The number of nitrogens with one attached hydrogen (secondary N) is 1. The van der Waals surface area contributed by atoms with E-state index >= 15 is 0 Å². The van der Waals surface area contributed by atoms with E-state index in [1.807, 2.05) is 55.5 Å². The Morgan fingerprint density at radius 2 is 1.80 bits per heavy atom. The Bertz CT molecular complexity index is 1130. The van der Waals surface area contributed by atoms with Gasteiger partial charge in [0.25, 0.3) is 5.91 Å². The van der Waals surface area contributed by atoms with Crippen molar-refractivity contribution in [2.75, 3.05) is 5.32 Å². The first-order chi connectivity index (χ1) is 12.1. The lowest BCUT2D eigenvalue weighted by Crippen LogP contribution is -2.12. The van der Waals surface area contributed by atoms with Gasteiger partial charge in [0.05, 0.1) is 15.7 Å². The third-order valence-electron chi connectivity index (χ3n) is 4.19. The first-order valence-corrected chi connectivity index (χ1v) is 9.29. The van der Waals surface area contributed by atoms with E-state index in [2.05, 4.69) is 5.32 Å². The maximum absolute atomic E-state index is 12.9. The summed E-state index contributed by atoms with van der Waals surface area (Å²) in [5, 5.41) is 6.81. The molecule has 0 aliphatic rings. The fourth-order valence-electron chi connectivity index (χ4n) is 2.93. The molecular formula is C20H13Cl2NOS. The Balaban J connectivity index is 1.80. The molecule has 0 aliphatic carbocycles. The molecule has 0 saturated carbocycles. The molecule has 0 atom stereocenters. The van der Waals surface area contributed by atoms with Crippen LogP contribution in [0.1, 0.15) is 15.2 Å². The second kappa shape index (κ2) is 6.34. The minimum Gasteiger partial charge on any atom is -0.320 e. The molecule has 4 aromatic rings. The van der Waals surface area contributed by atoms with Crippen molar-refractivity contribution in [3.05, 3.63) is 75.1 Å². The number of rotatable bonds is 2. The van der Waals surface area contributed by atoms with E-state index in [1.165, 1.54) is 11.3 Å². The van der Waals surface area contributed by atoms with Crippen LogP contribution in [0.2, 0.25) is 10.0 Å². The highest BCUT2D eigenvalue weighted by molar-refractivity contribution is 7.21. The Morgan fingerprint density at radius 1 is 1.00 bits per heavy atom. The number of hydrogen-bond donors (Lipinski definition) is 1. The molecule has 0 bridgehead atoms. The quantitative estimate of drug-likeness (QED) is 0.398. The minimum atomic E-state index is -0.221. The standard InChI is InChI=1S/C20H13Cl2NOS/c1-11-9-10-12-5-2-3-6-13(12)18(11)23-20(24)19-17(22)16-14(21)7-4-8-15(16)25-19/h2-10H,1H3,(H,23,24). The topological polar surface area (TPSA) is 29.1 Å². The lowest BCUT2D eigenvalue weighted by molar-refractivity contribution is 0.103. The van der Waals surface area contributed by atoms with Gasteiger partial charge in [-0.1, -0.05) is 65.7 Å². The number of carbonyl (C=O) groups excluding carboxylic acids is 1. The van der Waals surface area contributed by atoms with Gasteiger partial charge in [-0.3, -0.25) is 4.79 Å². The summed E-state index contributed by atoms with van der Waals surface area (Å²) in [4.78, 5) is 13.4. The number of thiophene rings is 1. The smallest absolute Gasteiger partial charge is 0.267 e. The first-order valence-electron chi connectivity index (χ1n) is 7.72. The Labute approximate surface area is 159 Å². The zero-order valence-electron chi connectivity index (χ0n) is 13.3. The third-order valence-corrected chi connectivity index (χ3v) is 6.15. The van der Waals surface area contributed by atoms with Gasteiger partial charge in [-0.15, -0.1) is 11.3 Å². The van der Waals surface area contributed by atoms with E-state index in [0.717, 1.165) is 32.1 Å². The van der Waals surface area contributed by atoms with Gasteiger partial charge in [0.2, 0.25) is 0 Å². The predicted molar refractivity (Wildman–Crippen MR) is 108 cm³/mol. The molecule has 1 aromatic heterocycles. The van der Waals surface area contributed by atoms with E-state index in [0.29, 0.717) is 14.9 Å². The average Bonchev–Trinajstić information content (AvgIpc) is 2.95. The van der Waals surface area contributed by atoms with Gasteiger partial charge in [0, 0.05) is 15.5 Å². The summed E-state index contributed by atoms with van der Waals surface area (Å²) in [5.74, 6) is -0.221. The van der Waals surface area contributed by atoms with Crippen molar-refractivity contribution in [1.82, 2.24) is 0 Å². The number of fused-ring (bicyclic) bond motifs is 2. The summed E-state index contributed by atoms with van der Waals surface area (Å²) >= 11 is 14.0. The summed E-state index contributed by atoms with van der Waals surface area (Å²) in [6.07, 6.45) is 0. The van der Waals surface area contributed by atoms with Crippen molar-refractivity contribution < 1.29 is 4.79 Å². The largest absolute Gasteiger partial charge is 0.320 e. The van der Waals surface area contributed by atoms with Crippen molar-refractivity contribution in [3.8, 4) is 0 Å². The number of hydrogen-bond acceptors (Lipinski definition) is 2. The first kappa shape index (κ1) is 16.4. The fourth-order valence-corrected chi connectivity index (χ4v) is 4.78. The van der Waals surface area contributed by atoms with E-state index in [1.54, 1.807) is 6.07 Å². The van der Waals surface area contributed by atoms with E-state index in [9.17, 15) is 4.79 Å². The molecule has 0 spiro atoms. The van der Waals surface area contributed by atoms with Crippen LogP contribution in [0.15, 0.2) is 54.6 Å². The SMILES string of the molecule is Cc1ccc2ccccc2c1NC(=O)c1sc2cccc(Cl)c2c1Cl.